The van der Waals surface area contributed by atoms with Gasteiger partial charge in [0.05, 0.1) is 18.6 Å². The molecule has 0 aliphatic carbocycles. The number of ether oxygens (including phenoxy) is 2. The van der Waals surface area contributed by atoms with Gasteiger partial charge < -0.3 is 19.4 Å². The maximum Gasteiger partial charge on any atom is 0.227 e. The Morgan fingerprint density at radius 2 is 2.35 bits per heavy atom. The van der Waals surface area contributed by atoms with E-state index in [1.807, 2.05) is 48.2 Å². The summed E-state index contributed by atoms with van der Waals surface area (Å²) in [7, 11) is 1.68. The molecule has 1 saturated heterocycles. The number of benzene rings is 1. The van der Waals surface area contributed by atoms with Crippen molar-refractivity contribution in [1.29, 1.82) is 0 Å². The first-order chi connectivity index (χ1) is 12.7. The van der Waals surface area contributed by atoms with Crippen molar-refractivity contribution in [2.24, 2.45) is 0 Å². The lowest BCUT2D eigenvalue weighted by atomic mass is 10.1. The van der Waals surface area contributed by atoms with Gasteiger partial charge in [-0.2, -0.15) is 0 Å². The summed E-state index contributed by atoms with van der Waals surface area (Å²) in [5.74, 6) is 1.64. The number of H-pyrrole nitrogens is 1. The van der Waals surface area contributed by atoms with Crippen LogP contribution in [0.25, 0.3) is 0 Å². The van der Waals surface area contributed by atoms with Gasteiger partial charge in [-0.1, -0.05) is 24.3 Å². The lowest BCUT2D eigenvalue weighted by Crippen LogP contribution is -2.33. The van der Waals surface area contributed by atoms with Crippen molar-refractivity contribution < 1.29 is 14.3 Å². The zero-order chi connectivity index (χ0) is 18.4. The third-order valence-corrected chi connectivity index (χ3v) is 4.59. The Kier molecular flexibility index (Phi) is 6.07. The molecule has 0 radical (unpaired) electrons. The van der Waals surface area contributed by atoms with Crippen molar-refractivity contribution >= 4 is 5.91 Å². The van der Waals surface area contributed by atoms with Gasteiger partial charge >= 0.3 is 0 Å². The van der Waals surface area contributed by atoms with Gasteiger partial charge in [0.2, 0.25) is 5.91 Å². The van der Waals surface area contributed by atoms with Crippen molar-refractivity contribution in [3.8, 4) is 5.75 Å². The fraction of sp³-hybridized carbons (Fsp3) is 0.400. The number of aromatic amines is 1. The van der Waals surface area contributed by atoms with E-state index in [9.17, 15) is 4.79 Å². The number of hydrogen-bond acceptors (Lipinski definition) is 4. The largest absolute Gasteiger partial charge is 0.490 e. The van der Waals surface area contributed by atoms with Gasteiger partial charge in [-0.05, 0) is 24.6 Å². The average Bonchev–Trinajstić information content (AvgIpc) is 3.31. The fourth-order valence-electron chi connectivity index (χ4n) is 3.22. The van der Waals surface area contributed by atoms with Gasteiger partial charge in [-0.25, -0.2) is 4.98 Å². The van der Waals surface area contributed by atoms with Crippen LogP contribution in [-0.2, 0) is 16.0 Å². The highest BCUT2D eigenvalue weighted by molar-refractivity contribution is 5.79. The number of carbonyl (C=O) groups is 1. The minimum absolute atomic E-state index is 0.0320. The predicted molar refractivity (Wildman–Crippen MR) is 98.9 cm³/mol. The van der Waals surface area contributed by atoms with Crippen molar-refractivity contribution in [3.63, 3.8) is 0 Å². The molecule has 1 fully saturated rings. The topological polar surface area (TPSA) is 67.4 Å². The van der Waals surface area contributed by atoms with Crippen LogP contribution in [0, 0.1) is 0 Å². The summed E-state index contributed by atoms with van der Waals surface area (Å²) in [6.45, 7) is 3.06. The number of amides is 1. The SMILES string of the molecule is C/C=C/COc1cccc(CC(=O)N2C[C@H](OC)CC2c2ncc[nH]2)c1. The molecular formula is C20H25N3O3. The number of methoxy groups -OCH3 is 1. The Hall–Kier alpha value is -2.60. The molecule has 0 bridgehead atoms. The molecule has 1 aliphatic rings. The highest BCUT2D eigenvalue weighted by Gasteiger charge is 2.37. The van der Waals surface area contributed by atoms with Gasteiger partial charge in [0.25, 0.3) is 0 Å². The molecule has 6 nitrogen and oxygen atoms in total. The number of rotatable bonds is 7. The Labute approximate surface area is 153 Å². The second-order valence-electron chi connectivity index (χ2n) is 6.33. The average molecular weight is 355 g/mol. The van der Waals surface area contributed by atoms with Gasteiger partial charge in [0.15, 0.2) is 0 Å². The van der Waals surface area contributed by atoms with E-state index in [2.05, 4.69) is 9.97 Å². The van der Waals surface area contributed by atoms with E-state index in [4.69, 9.17) is 9.47 Å². The second kappa shape index (κ2) is 8.67. The molecule has 1 aliphatic heterocycles. The highest BCUT2D eigenvalue weighted by atomic mass is 16.5. The van der Waals surface area contributed by atoms with E-state index in [0.717, 1.165) is 23.6 Å². The zero-order valence-electron chi connectivity index (χ0n) is 15.2. The van der Waals surface area contributed by atoms with Crippen LogP contribution in [0.5, 0.6) is 5.75 Å². The summed E-state index contributed by atoms with van der Waals surface area (Å²) >= 11 is 0. The summed E-state index contributed by atoms with van der Waals surface area (Å²) < 4.78 is 11.1. The number of carbonyl (C=O) groups excluding carboxylic acids is 1. The molecule has 1 aromatic heterocycles. The van der Waals surface area contributed by atoms with Crippen molar-refractivity contribution in [2.45, 2.75) is 31.9 Å². The van der Waals surface area contributed by atoms with Crippen molar-refractivity contribution in [2.75, 3.05) is 20.3 Å². The van der Waals surface area contributed by atoms with E-state index < -0.39 is 0 Å². The Bertz CT molecular complexity index is 743. The summed E-state index contributed by atoms with van der Waals surface area (Å²) in [6, 6.07) is 7.62. The molecule has 2 heterocycles. The van der Waals surface area contributed by atoms with E-state index in [1.54, 1.807) is 19.5 Å². The molecule has 1 aromatic carbocycles. The second-order valence-corrected chi connectivity index (χ2v) is 6.33. The molecule has 1 amide bonds. The molecule has 1 unspecified atom stereocenters. The molecule has 138 valence electrons. The molecule has 1 N–H and O–H groups in total. The van der Waals surface area contributed by atoms with Crippen molar-refractivity contribution in [3.05, 3.63) is 60.2 Å². The number of aromatic nitrogens is 2. The van der Waals surface area contributed by atoms with Crippen LogP contribution in [0.1, 0.15) is 30.8 Å². The monoisotopic (exact) mass is 355 g/mol. The number of hydrogen-bond donors (Lipinski definition) is 1. The molecule has 2 atom stereocenters. The van der Waals surface area contributed by atoms with Crippen LogP contribution >= 0.6 is 0 Å². The van der Waals surface area contributed by atoms with E-state index in [0.29, 0.717) is 19.6 Å². The fourth-order valence-corrected chi connectivity index (χ4v) is 3.22. The lowest BCUT2D eigenvalue weighted by molar-refractivity contribution is -0.131. The third-order valence-electron chi connectivity index (χ3n) is 4.59. The minimum Gasteiger partial charge on any atom is -0.490 e. The van der Waals surface area contributed by atoms with Crippen LogP contribution in [-0.4, -0.2) is 47.1 Å². The number of nitrogens with zero attached hydrogens (tertiary/aromatic N) is 2. The van der Waals surface area contributed by atoms with E-state index >= 15 is 0 Å². The standard InChI is InChI=1S/C20H25N3O3/c1-3-4-10-26-16-7-5-6-15(11-16)12-19(24)23-14-17(25-2)13-18(23)20-21-8-9-22-20/h3-9,11,17-18H,10,12-14H2,1-2H3,(H,21,22)/b4-3+/t17-,18?/m1/s1. The van der Waals surface area contributed by atoms with Gasteiger partial charge in [0, 0.05) is 32.5 Å². The van der Waals surface area contributed by atoms with Crippen LogP contribution in [0.3, 0.4) is 0 Å². The maximum atomic E-state index is 12.9. The summed E-state index contributed by atoms with van der Waals surface area (Å²) in [5.41, 5.74) is 0.937. The van der Waals surface area contributed by atoms with Crippen LogP contribution in [0.2, 0.25) is 0 Å². The molecule has 6 heteroatoms. The summed E-state index contributed by atoms with van der Waals surface area (Å²) in [4.78, 5) is 22.2. The Balaban J connectivity index is 1.69. The van der Waals surface area contributed by atoms with Gasteiger partial charge in [0.1, 0.15) is 18.2 Å². The molecule has 0 spiro atoms. The number of nitrogens with one attached hydrogen (secondary N) is 1. The minimum atomic E-state index is -0.0726. The number of likely N-dealkylation sites (tertiary alicyclic amines) is 1. The smallest absolute Gasteiger partial charge is 0.227 e. The predicted octanol–water partition coefficient (Wildman–Crippen LogP) is 2.90. The zero-order valence-corrected chi connectivity index (χ0v) is 15.2. The molecule has 3 rings (SSSR count). The number of imidazole rings is 1. The molecule has 0 saturated carbocycles. The highest BCUT2D eigenvalue weighted by Crippen LogP contribution is 2.32. The Morgan fingerprint density at radius 3 is 3.08 bits per heavy atom. The summed E-state index contributed by atoms with van der Waals surface area (Å²) in [6.07, 6.45) is 8.50. The number of allylic oxidation sites excluding steroid dienone is 1. The lowest BCUT2D eigenvalue weighted by Gasteiger charge is -2.23. The molecular weight excluding hydrogens is 330 g/mol. The normalized spacial score (nSPS) is 20.0. The molecule has 2 aromatic rings. The van der Waals surface area contributed by atoms with Crippen LogP contribution in [0.4, 0.5) is 0 Å². The van der Waals surface area contributed by atoms with Crippen molar-refractivity contribution in [1.82, 2.24) is 14.9 Å². The third kappa shape index (κ3) is 4.32. The van der Waals surface area contributed by atoms with E-state index in [1.165, 1.54) is 0 Å². The quantitative estimate of drug-likeness (QED) is 0.776. The van der Waals surface area contributed by atoms with E-state index in [-0.39, 0.29) is 18.1 Å². The summed E-state index contributed by atoms with van der Waals surface area (Å²) in [5, 5.41) is 0. The van der Waals surface area contributed by atoms with Crippen LogP contribution < -0.4 is 4.74 Å². The molecule has 26 heavy (non-hydrogen) atoms. The first-order valence-electron chi connectivity index (χ1n) is 8.85. The maximum absolute atomic E-state index is 12.9. The first kappa shape index (κ1) is 18.2. The van der Waals surface area contributed by atoms with Gasteiger partial charge in [-0.3, -0.25) is 4.79 Å². The Morgan fingerprint density at radius 1 is 1.46 bits per heavy atom. The van der Waals surface area contributed by atoms with Crippen LogP contribution in [0.15, 0.2) is 48.8 Å². The van der Waals surface area contributed by atoms with Gasteiger partial charge in [-0.15, -0.1) is 0 Å². The first-order valence-corrected chi connectivity index (χ1v) is 8.85.